The molecule has 0 aliphatic heterocycles. The summed E-state index contributed by atoms with van der Waals surface area (Å²) >= 11 is 5.05. The molecule has 2 aromatic carbocycles. The van der Waals surface area contributed by atoms with Crippen molar-refractivity contribution in [3.63, 3.8) is 0 Å². The van der Waals surface area contributed by atoms with E-state index >= 15 is 0 Å². The minimum absolute atomic E-state index is 0.00454. The number of nitrogens with two attached hydrogens (primary N) is 1. The Balaban J connectivity index is 2.30. The predicted octanol–water partition coefficient (Wildman–Crippen LogP) is 3.09. The van der Waals surface area contributed by atoms with Crippen molar-refractivity contribution in [2.75, 3.05) is 11.9 Å². The number of carbonyl (C=O) groups is 1. The topological polar surface area (TPSA) is 46.3 Å². The molecule has 4 heteroatoms. The Bertz CT molecular complexity index is 655. The van der Waals surface area contributed by atoms with Gasteiger partial charge in [0.15, 0.2) is 0 Å². The van der Waals surface area contributed by atoms with Gasteiger partial charge in [-0.05, 0) is 24.6 Å². The van der Waals surface area contributed by atoms with E-state index in [1.807, 2.05) is 61.5 Å². The van der Waals surface area contributed by atoms with Gasteiger partial charge in [0.25, 0.3) is 0 Å². The molecular formula is C17H18N2OS. The molecule has 0 heterocycles. The van der Waals surface area contributed by atoms with Crippen LogP contribution >= 0.6 is 12.2 Å². The lowest BCUT2D eigenvalue weighted by Crippen LogP contribution is -2.32. The zero-order chi connectivity index (χ0) is 15.4. The molecule has 0 aliphatic rings. The molecule has 108 valence electrons. The molecule has 3 nitrogen and oxygen atoms in total. The molecule has 21 heavy (non-hydrogen) atoms. The van der Waals surface area contributed by atoms with E-state index in [1.165, 1.54) is 0 Å². The number of benzene rings is 2. The van der Waals surface area contributed by atoms with E-state index in [4.69, 9.17) is 18.0 Å². The number of thiocarbonyl (C=S) groups is 1. The maximum absolute atomic E-state index is 12.7. The average molecular weight is 298 g/mol. The fourth-order valence-electron chi connectivity index (χ4n) is 2.27. The zero-order valence-corrected chi connectivity index (χ0v) is 12.9. The Morgan fingerprint density at radius 1 is 1.10 bits per heavy atom. The van der Waals surface area contributed by atoms with Crippen LogP contribution < -0.4 is 10.6 Å². The van der Waals surface area contributed by atoms with E-state index < -0.39 is 0 Å². The van der Waals surface area contributed by atoms with Crippen molar-refractivity contribution in [2.24, 2.45) is 5.73 Å². The Morgan fingerprint density at radius 2 is 1.67 bits per heavy atom. The second kappa shape index (κ2) is 6.50. The summed E-state index contributed by atoms with van der Waals surface area (Å²) in [6, 6.07) is 17.1. The monoisotopic (exact) mass is 298 g/mol. The van der Waals surface area contributed by atoms with Crippen molar-refractivity contribution in [3.05, 3.63) is 65.7 Å². The number of hydrogen-bond acceptors (Lipinski definition) is 2. The van der Waals surface area contributed by atoms with Gasteiger partial charge < -0.3 is 10.6 Å². The number of hydrogen-bond donors (Lipinski definition) is 1. The van der Waals surface area contributed by atoms with Crippen molar-refractivity contribution in [3.8, 4) is 0 Å². The van der Waals surface area contributed by atoms with Gasteiger partial charge >= 0.3 is 0 Å². The molecule has 1 unspecified atom stereocenters. The van der Waals surface area contributed by atoms with Crippen molar-refractivity contribution in [1.29, 1.82) is 0 Å². The van der Waals surface area contributed by atoms with E-state index in [1.54, 1.807) is 11.9 Å². The minimum Gasteiger partial charge on any atom is -0.389 e. The molecular weight excluding hydrogens is 280 g/mol. The van der Waals surface area contributed by atoms with Gasteiger partial charge in [0.2, 0.25) is 5.91 Å². The minimum atomic E-state index is -0.226. The van der Waals surface area contributed by atoms with Crippen LogP contribution in [-0.2, 0) is 4.79 Å². The number of para-hydroxylation sites is 1. The number of anilines is 1. The Kier molecular flexibility index (Phi) is 4.70. The molecule has 1 atom stereocenters. The number of amides is 1. The highest BCUT2D eigenvalue weighted by Gasteiger charge is 2.22. The second-order valence-corrected chi connectivity index (χ2v) is 5.35. The highest BCUT2D eigenvalue weighted by Crippen LogP contribution is 2.24. The van der Waals surface area contributed by atoms with Gasteiger partial charge in [-0.3, -0.25) is 4.79 Å². The molecule has 0 fully saturated rings. The normalized spacial score (nSPS) is 11.7. The Hall–Kier alpha value is -2.20. The summed E-state index contributed by atoms with van der Waals surface area (Å²) in [5.74, 6) is -0.222. The fraction of sp³-hybridized carbons (Fsp3) is 0.176. The summed E-state index contributed by atoms with van der Waals surface area (Å²) < 4.78 is 0. The van der Waals surface area contributed by atoms with E-state index in [0.29, 0.717) is 5.56 Å². The molecule has 0 bridgehead atoms. The molecule has 0 spiro atoms. The lowest BCUT2D eigenvalue weighted by atomic mass is 9.99. The summed E-state index contributed by atoms with van der Waals surface area (Å²) in [5.41, 5.74) is 8.17. The van der Waals surface area contributed by atoms with Crippen LogP contribution in [0.3, 0.4) is 0 Å². The van der Waals surface area contributed by atoms with Crippen LogP contribution in [0.4, 0.5) is 5.69 Å². The number of rotatable bonds is 4. The molecule has 2 rings (SSSR count). The summed E-state index contributed by atoms with van der Waals surface area (Å²) in [7, 11) is 1.75. The highest BCUT2D eigenvalue weighted by atomic mass is 32.1. The first kappa shape index (κ1) is 15.2. The number of carbonyl (C=O) groups excluding carboxylic acids is 1. The number of likely N-dealkylation sites (N-methyl/N-ethyl adjacent to an activating group) is 1. The van der Waals surface area contributed by atoms with Gasteiger partial charge in [0.05, 0.1) is 11.6 Å². The largest absolute Gasteiger partial charge is 0.389 e. The lowest BCUT2D eigenvalue weighted by Gasteiger charge is -2.24. The van der Waals surface area contributed by atoms with Gasteiger partial charge in [-0.2, -0.15) is 0 Å². The maximum Gasteiger partial charge on any atom is 0.234 e. The summed E-state index contributed by atoms with van der Waals surface area (Å²) in [4.78, 5) is 14.6. The Morgan fingerprint density at radius 3 is 2.29 bits per heavy atom. The molecule has 0 aliphatic carbocycles. The fourth-order valence-corrected chi connectivity index (χ4v) is 2.44. The van der Waals surface area contributed by atoms with Crippen molar-refractivity contribution >= 4 is 28.8 Å². The van der Waals surface area contributed by atoms with Crippen LogP contribution in [0.15, 0.2) is 54.6 Å². The molecule has 0 saturated carbocycles. The highest BCUT2D eigenvalue weighted by molar-refractivity contribution is 7.80. The third kappa shape index (κ3) is 3.28. The first-order valence-electron chi connectivity index (χ1n) is 6.73. The quantitative estimate of drug-likeness (QED) is 0.882. The van der Waals surface area contributed by atoms with Gasteiger partial charge in [-0.15, -0.1) is 0 Å². The van der Waals surface area contributed by atoms with E-state index in [0.717, 1.165) is 11.3 Å². The first-order valence-corrected chi connectivity index (χ1v) is 7.14. The van der Waals surface area contributed by atoms with Crippen LogP contribution in [0.2, 0.25) is 0 Å². The van der Waals surface area contributed by atoms with E-state index in [-0.39, 0.29) is 16.8 Å². The smallest absolute Gasteiger partial charge is 0.234 e. The molecule has 0 saturated heterocycles. The van der Waals surface area contributed by atoms with Crippen molar-refractivity contribution in [2.45, 2.75) is 12.8 Å². The summed E-state index contributed by atoms with van der Waals surface area (Å²) in [6.45, 7) is 1.90. The second-order valence-electron chi connectivity index (χ2n) is 4.91. The van der Waals surface area contributed by atoms with E-state index in [2.05, 4.69) is 0 Å². The van der Waals surface area contributed by atoms with Gasteiger partial charge in [-0.25, -0.2) is 0 Å². The van der Waals surface area contributed by atoms with Crippen molar-refractivity contribution < 1.29 is 4.79 Å². The van der Waals surface area contributed by atoms with Crippen LogP contribution in [0.1, 0.15) is 24.0 Å². The van der Waals surface area contributed by atoms with Crippen molar-refractivity contribution in [1.82, 2.24) is 0 Å². The predicted molar refractivity (Wildman–Crippen MR) is 90.6 cm³/mol. The third-order valence-electron chi connectivity index (χ3n) is 3.53. The van der Waals surface area contributed by atoms with Gasteiger partial charge in [-0.1, -0.05) is 54.7 Å². The first-order chi connectivity index (χ1) is 10.0. The van der Waals surface area contributed by atoms with Crippen LogP contribution in [0, 0.1) is 0 Å². The van der Waals surface area contributed by atoms with Crippen LogP contribution in [0.5, 0.6) is 0 Å². The Labute approximate surface area is 130 Å². The summed E-state index contributed by atoms with van der Waals surface area (Å²) in [6.07, 6.45) is 0. The SMILES string of the molecule is CC(C(=O)N(C)c1ccccc1C(N)=S)c1ccccc1. The lowest BCUT2D eigenvalue weighted by molar-refractivity contribution is -0.119. The van der Waals surface area contributed by atoms with Crippen LogP contribution in [-0.4, -0.2) is 17.9 Å². The maximum atomic E-state index is 12.7. The van der Waals surface area contributed by atoms with Crippen LogP contribution in [0.25, 0.3) is 0 Å². The molecule has 2 N–H and O–H groups in total. The summed E-state index contributed by atoms with van der Waals surface area (Å²) in [5, 5.41) is 0. The van der Waals surface area contributed by atoms with Gasteiger partial charge in [0.1, 0.15) is 4.99 Å². The average Bonchev–Trinajstić information content (AvgIpc) is 2.53. The molecule has 2 aromatic rings. The molecule has 0 radical (unpaired) electrons. The zero-order valence-electron chi connectivity index (χ0n) is 12.1. The van der Waals surface area contributed by atoms with Gasteiger partial charge in [0, 0.05) is 12.6 Å². The molecule has 1 amide bonds. The molecule has 0 aromatic heterocycles. The third-order valence-corrected chi connectivity index (χ3v) is 3.75. The number of nitrogens with zero attached hydrogens (tertiary/aromatic N) is 1. The van der Waals surface area contributed by atoms with E-state index in [9.17, 15) is 4.79 Å². The standard InChI is InChI=1S/C17H18N2OS/c1-12(13-8-4-3-5-9-13)17(20)19(2)15-11-7-6-10-14(15)16(18)21/h3-12H,1-2H3,(H2,18,21).